The van der Waals surface area contributed by atoms with Crippen molar-refractivity contribution in [3.63, 3.8) is 0 Å². The minimum atomic E-state index is -1.10. The van der Waals surface area contributed by atoms with Gasteiger partial charge in [0.2, 0.25) is 0 Å². The minimum absolute atomic E-state index is 0.00407. The summed E-state index contributed by atoms with van der Waals surface area (Å²) in [7, 11) is 0. The van der Waals surface area contributed by atoms with Crippen molar-refractivity contribution in [1.29, 1.82) is 0 Å². The van der Waals surface area contributed by atoms with E-state index in [1.54, 1.807) is 13.1 Å². The van der Waals surface area contributed by atoms with Crippen LogP contribution in [0.5, 0.6) is 0 Å². The minimum Gasteiger partial charge on any atom is -0.478 e. The fraction of sp³-hybridized carbons (Fsp3) is 0.400. The van der Waals surface area contributed by atoms with Crippen LogP contribution >= 0.6 is 11.3 Å². The lowest BCUT2D eigenvalue weighted by Gasteiger charge is -2.23. The van der Waals surface area contributed by atoms with E-state index >= 15 is 0 Å². The normalized spacial score (nSPS) is 11.5. The van der Waals surface area contributed by atoms with Gasteiger partial charge in [0.05, 0.1) is 5.54 Å². The fourth-order valence-electron chi connectivity index (χ4n) is 2.03. The molecule has 118 valence electrons. The van der Waals surface area contributed by atoms with E-state index in [2.05, 4.69) is 10.3 Å². The van der Waals surface area contributed by atoms with Crippen LogP contribution in [0.3, 0.4) is 0 Å². The third-order valence-corrected chi connectivity index (χ3v) is 4.40. The Morgan fingerprint density at radius 2 is 2.14 bits per heavy atom. The number of aromatic nitrogens is 1. The van der Waals surface area contributed by atoms with Crippen LogP contribution in [0.4, 0.5) is 0 Å². The predicted molar refractivity (Wildman–Crippen MR) is 82.4 cm³/mol. The molecule has 0 aliphatic heterocycles. The van der Waals surface area contributed by atoms with Crippen molar-refractivity contribution in [2.75, 3.05) is 0 Å². The van der Waals surface area contributed by atoms with E-state index in [9.17, 15) is 9.59 Å². The smallest absolute Gasteiger partial charge is 0.339 e. The largest absolute Gasteiger partial charge is 0.478 e. The van der Waals surface area contributed by atoms with Crippen molar-refractivity contribution in [1.82, 2.24) is 10.3 Å². The molecule has 0 fully saturated rings. The Balaban J connectivity index is 2.23. The maximum atomic E-state index is 12.3. The molecule has 2 N–H and O–H groups in total. The lowest BCUT2D eigenvalue weighted by atomic mass is 10.1. The summed E-state index contributed by atoms with van der Waals surface area (Å²) in [5.74, 6) is -1.27. The molecule has 0 aromatic carbocycles. The van der Waals surface area contributed by atoms with Crippen LogP contribution in [0, 0.1) is 6.92 Å². The molecule has 7 heteroatoms. The highest BCUT2D eigenvalue weighted by atomic mass is 32.1. The Hall–Kier alpha value is -2.15. The summed E-state index contributed by atoms with van der Waals surface area (Å²) >= 11 is 1.50. The Bertz CT molecular complexity index is 715. The number of aromatic carboxylic acids is 1. The first-order valence-corrected chi connectivity index (χ1v) is 7.67. The predicted octanol–water partition coefficient (Wildman–Crippen LogP) is 2.97. The molecule has 1 amide bonds. The van der Waals surface area contributed by atoms with Gasteiger partial charge in [0.15, 0.2) is 5.76 Å². The number of amides is 1. The van der Waals surface area contributed by atoms with E-state index in [1.807, 2.05) is 20.8 Å². The second-order valence-corrected chi connectivity index (χ2v) is 6.70. The van der Waals surface area contributed by atoms with Crippen molar-refractivity contribution in [3.8, 4) is 0 Å². The van der Waals surface area contributed by atoms with E-state index < -0.39 is 17.4 Å². The second-order valence-electron chi connectivity index (χ2n) is 5.46. The number of hydrogen-bond donors (Lipinski definition) is 2. The third-order valence-electron chi connectivity index (χ3n) is 3.17. The van der Waals surface area contributed by atoms with Gasteiger partial charge in [-0.25, -0.2) is 9.78 Å². The Morgan fingerprint density at radius 1 is 1.45 bits per heavy atom. The highest BCUT2D eigenvalue weighted by molar-refractivity contribution is 7.11. The standard InChI is InChI=1S/C15H18N2O4S/c1-5-10-9(13(19)20)6-11(21-10)12(18)17-15(3,4)14-16-7-8(2)22-14/h6-7H,5H2,1-4H3,(H,17,18)(H,19,20). The third kappa shape index (κ3) is 3.19. The summed E-state index contributed by atoms with van der Waals surface area (Å²) in [4.78, 5) is 28.8. The molecular weight excluding hydrogens is 304 g/mol. The van der Waals surface area contributed by atoms with Crippen LogP contribution in [0.2, 0.25) is 0 Å². The molecule has 2 aromatic rings. The highest BCUT2D eigenvalue weighted by Crippen LogP contribution is 2.26. The summed E-state index contributed by atoms with van der Waals surface area (Å²) in [6.45, 7) is 7.39. The number of carboxylic acid groups (broad SMARTS) is 1. The molecule has 0 bridgehead atoms. The number of thiazole rings is 1. The molecule has 0 saturated heterocycles. The zero-order valence-electron chi connectivity index (χ0n) is 12.9. The fourth-order valence-corrected chi connectivity index (χ4v) is 2.85. The monoisotopic (exact) mass is 322 g/mol. The summed E-state index contributed by atoms with van der Waals surface area (Å²) in [6, 6.07) is 1.26. The molecular formula is C15H18N2O4S. The van der Waals surface area contributed by atoms with E-state index in [1.165, 1.54) is 17.4 Å². The number of nitrogens with one attached hydrogen (secondary N) is 1. The molecule has 0 aliphatic rings. The molecule has 0 saturated carbocycles. The maximum absolute atomic E-state index is 12.3. The molecule has 0 aliphatic carbocycles. The van der Waals surface area contributed by atoms with Gasteiger partial charge < -0.3 is 14.8 Å². The molecule has 2 rings (SSSR count). The highest BCUT2D eigenvalue weighted by Gasteiger charge is 2.29. The number of rotatable bonds is 5. The van der Waals surface area contributed by atoms with Gasteiger partial charge in [-0.3, -0.25) is 4.79 Å². The average Bonchev–Trinajstić information content (AvgIpc) is 3.04. The molecule has 0 radical (unpaired) electrons. The van der Waals surface area contributed by atoms with Gasteiger partial charge in [-0.2, -0.15) is 0 Å². The van der Waals surface area contributed by atoms with Crippen LogP contribution in [-0.2, 0) is 12.0 Å². The molecule has 2 aromatic heterocycles. The maximum Gasteiger partial charge on any atom is 0.339 e. The van der Waals surface area contributed by atoms with Crippen LogP contribution in [0.1, 0.15) is 57.3 Å². The van der Waals surface area contributed by atoms with Crippen molar-refractivity contribution in [2.24, 2.45) is 0 Å². The Labute approximate surface area is 132 Å². The van der Waals surface area contributed by atoms with Gasteiger partial charge >= 0.3 is 5.97 Å². The first-order chi connectivity index (χ1) is 10.2. The number of carboxylic acids is 1. The van der Waals surface area contributed by atoms with E-state index in [0.29, 0.717) is 12.2 Å². The molecule has 0 atom stereocenters. The van der Waals surface area contributed by atoms with Crippen LogP contribution < -0.4 is 5.32 Å². The van der Waals surface area contributed by atoms with Crippen LogP contribution in [0.25, 0.3) is 0 Å². The summed E-state index contributed by atoms with van der Waals surface area (Å²) < 4.78 is 5.36. The summed E-state index contributed by atoms with van der Waals surface area (Å²) in [5, 5.41) is 12.7. The number of hydrogen-bond acceptors (Lipinski definition) is 5. The zero-order chi connectivity index (χ0) is 16.5. The van der Waals surface area contributed by atoms with E-state index in [4.69, 9.17) is 9.52 Å². The lowest BCUT2D eigenvalue weighted by Crippen LogP contribution is -2.40. The molecule has 0 spiro atoms. The average molecular weight is 322 g/mol. The van der Waals surface area contributed by atoms with Crippen molar-refractivity contribution in [2.45, 2.75) is 39.7 Å². The first-order valence-electron chi connectivity index (χ1n) is 6.86. The molecule has 2 heterocycles. The molecule has 22 heavy (non-hydrogen) atoms. The van der Waals surface area contributed by atoms with E-state index in [-0.39, 0.29) is 11.3 Å². The lowest BCUT2D eigenvalue weighted by molar-refractivity contribution is 0.0694. The van der Waals surface area contributed by atoms with E-state index in [0.717, 1.165) is 9.88 Å². The van der Waals surface area contributed by atoms with Crippen molar-refractivity contribution in [3.05, 3.63) is 39.2 Å². The number of carbonyl (C=O) groups excluding carboxylic acids is 1. The quantitative estimate of drug-likeness (QED) is 0.883. The van der Waals surface area contributed by atoms with Gasteiger partial charge in [0, 0.05) is 23.6 Å². The Morgan fingerprint density at radius 3 is 2.59 bits per heavy atom. The summed E-state index contributed by atoms with van der Waals surface area (Å²) in [5.41, 5.74) is -0.644. The zero-order valence-corrected chi connectivity index (χ0v) is 13.7. The van der Waals surface area contributed by atoms with Gasteiger partial charge in [-0.1, -0.05) is 6.92 Å². The van der Waals surface area contributed by atoms with Gasteiger partial charge in [-0.15, -0.1) is 11.3 Å². The van der Waals surface area contributed by atoms with Crippen LogP contribution in [0.15, 0.2) is 16.7 Å². The van der Waals surface area contributed by atoms with Crippen molar-refractivity contribution >= 4 is 23.2 Å². The molecule has 6 nitrogen and oxygen atoms in total. The SMILES string of the molecule is CCc1oc(C(=O)NC(C)(C)c2ncc(C)s2)cc1C(=O)O. The van der Waals surface area contributed by atoms with Crippen molar-refractivity contribution < 1.29 is 19.1 Å². The van der Waals surface area contributed by atoms with Gasteiger partial charge in [0.1, 0.15) is 16.3 Å². The number of aryl methyl sites for hydroxylation is 2. The van der Waals surface area contributed by atoms with Gasteiger partial charge in [-0.05, 0) is 20.8 Å². The number of carbonyl (C=O) groups is 2. The topological polar surface area (TPSA) is 92.4 Å². The number of nitrogens with zero attached hydrogens (tertiary/aromatic N) is 1. The second kappa shape index (κ2) is 5.92. The summed E-state index contributed by atoms with van der Waals surface area (Å²) in [6.07, 6.45) is 2.16. The Kier molecular flexibility index (Phi) is 4.37. The van der Waals surface area contributed by atoms with Gasteiger partial charge in [0.25, 0.3) is 5.91 Å². The molecule has 0 unspecified atom stereocenters. The number of furan rings is 1. The first kappa shape index (κ1) is 16.2. The van der Waals surface area contributed by atoms with Crippen LogP contribution in [-0.4, -0.2) is 22.0 Å².